The minimum atomic E-state index is -0.126. The number of hydrogen-bond acceptors (Lipinski definition) is 8. The van der Waals surface area contributed by atoms with E-state index in [4.69, 9.17) is 19.8 Å². The van der Waals surface area contributed by atoms with E-state index in [2.05, 4.69) is 15.2 Å². The normalized spacial score (nSPS) is 15.2. The van der Waals surface area contributed by atoms with Gasteiger partial charge in [-0.05, 0) is 67.6 Å². The Morgan fingerprint density at radius 3 is 2.87 bits per heavy atom. The molecule has 2 N–H and O–H groups in total. The second-order valence-corrected chi connectivity index (χ2v) is 10.6. The minimum absolute atomic E-state index is 0.0531. The van der Waals surface area contributed by atoms with Crippen LogP contribution in [0.15, 0.2) is 65.7 Å². The van der Waals surface area contributed by atoms with Crippen LogP contribution in [-0.2, 0) is 11.3 Å². The smallest absolute Gasteiger partial charge is 0.251 e. The average Bonchev–Trinajstić information content (AvgIpc) is 3.45. The number of ether oxygens (including phenoxy) is 1. The number of aliphatic hydroxyl groups excluding tert-OH is 1. The third-order valence-electron chi connectivity index (χ3n) is 6.93. The summed E-state index contributed by atoms with van der Waals surface area (Å²) in [5.74, 6) is 1.24. The number of aliphatic hydroxyl groups is 1. The van der Waals surface area contributed by atoms with E-state index in [9.17, 15) is 4.79 Å². The zero-order valence-corrected chi connectivity index (χ0v) is 23.1. The number of carbonyl (C=O) groups is 1. The van der Waals surface area contributed by atoms with E-state index in [-0.39, 0.29) is 12.5 Å². The van der Waals surface area contributed by atoms with Crippen molar-refractivity contribution in [1.82, 2.24) is 20.3 Å². The molecule has 8 nitrogen and oxygen atoms in total. The van der Waals surface area contributed by atoms with Gasteiger partial charge in [-0.15, -0.1) is 11.8 Å². The molecule has 1 fully saturated rings. The highest BCUT2D eigenvalue weighted by Gasteiger charge is 2.24. The van der Waals surface area contributed by atoms with Crippen LogP contribution in [0, 0.1) is 12.8 Å². The first kappa shape index (κ1) is 27.1. The first-order valence-electron chi connectivity index (χ1n) is 13.1. The van der Waals surface area contributed by atoms with Crippen LogP contribution in [0.1, 0.15) is 28.0 Å². The van der Waals surface area contributed by atoms with Gasteiger partial charge in [-0.25, -0.2) is 9.97 Å². The molecule has 1 aliphatic heterocycles. The summed E-state index contributed by atoms with van der Waals surface area (Å²) < 4.78 is 5.52. The maximum atomic E-state index is 12.7. The summed E-state index contributed by atoms with van der Waals surface area (Å²) in [7, 11) is 0. The summed E-state index contributed by atoms with van der Waals surface area (Å²) in [4.78, 5) is 30.4. The lowest BCUT2D eigenvalue weighted by Crippen LogP contribution is -2.23. The first-order valence-corrected chi connectivity index (χ1v) is 14.4. The van der Waals surface area contributed by atoms with Crippen molar-refractivity contribution in [2.75, 3.05) is 44.1 Å². The maximum Gasteiger partial charge on any atom is 0.251 e. The number of pyridine rings is 3. The summed E-state index contributed by atoms with van der Waals surface area (Å²) in [6.07, 6.45) is 4.84. The summed E-state index contributed by atoms with van der Waals surface area (Å²) in [6.45, 7) is 5.26. The van der Waals surface area contributed by atoms with Gasteiger partial charge >= 0.3 is 0 Å². The number of aryl methyl sites for hydroxylation is 1. The number of amides is 1. The molecule has 0 aliphatic carbocycles. The molecule has 1 amide bonds. The number of anilines is 1. The van der Waals surface area contributed by atoms with Crippen LogP contribution in [-0.4, -0.2) is 65.1 Å². The van der Waals surface area contributed by atoms with E-state index in [1.807, 2.05) is 67.8 Å². The van der Waals surface area contributed by atoms with Crippen LogP contribution < -0.4 is 10.2 Å². The van der Waals surface area contributed by atoms with Crippen LogP contribution in [0.2, 0.25) is 0 Å². The monoisotopic (exact) mass is 543 g/mol. The molecular weight excluding hydrogens is 510 g/mol. The Labute approximate surface area is 232 Å². The molecule has 0 saturated carbocycles. The van der Waals surface area contributed by atoms with E-state index >= 15 is 0 Å². The molecule has 4 aromatic rings. The van der Waals surface area contributed by atoms with Crippen molar-refractivity contribution < 1.29 is 14.6 Å². The molecule has 3 aromatic heterocycles. The molecule has 1 aliphatic rings. The van der Waals surface area contributed by atoms with Gasteiger partial charge in [0, 0.05) is 41.0 Å². The summed E-state index contributed by atoms with van der Waals surface area (Å²) in [5.41, 5.74) is 4.94. The summed E-state index contributed by atoms with van der Waals surface area (Å²) in [5, 5.41) is 12.8. The molecule has 0 spiro atoms. The van der Waals surface area contributed by atoms with Gasteiger partial charge in [0.1, 0.15) is 5.82 Å². The van der Waals surface area contributed by atoms with Crippen LogP contribution >= 0.6 is 11.8 Å². The lowest BCUT2D eigenvalue weighted by molar-refractivity contribution is 0.0721. The third-order valence-corrected chi connectivity index (χ3v) is 7.81. The van der Waals surface area contributed by atoms with Crippen LogP contribution in [0.4, 0.5) is 5.82 Å². The Hall–Kier alpha value is -3.53. The summed E-state index contributed by atoms with van der Waals surface area (Å²) >= 11 is 1.63. The Balaban J connectivity index is 1.28. The molecular formula is C30H33N5O3S. The number of carbonyl (C=O) groups excluding carboxylic acids is 1. The quantitative estimate of drug-likeness (QED) is 0.223. The Morgan fingerprint density at radius 1 is 1.15 bits per heavy atom. The maximum absolute atomic E-state index is 12.7. The number of nitrogens with one attached hydrogen (secondary N) is 1. The molecule has 4 heterocycles. The Morgan fingerprint density at radius 2 is 2.03 bits per heavy atom. The highest BCUT2D eigenvalue weighted by molar-refractivity contribution is 7.98. The Bertz CT molecular complexity index is 1460. The number of fused-ring (bicyclic) bond motifs is 1. The van der Waals surface area contributed by atoms with Crippen LogP contribution in [0.5, 0.6) is 0 Å². The molecule has 1 saturated heterocycles. The number of benzene rings is 1. The average molecular weight is 544 g/mol. The van der Waals surface area contributed by atoms with Crippen molar-refractivity contribution in [2.24, 2.45) is 5.92 Å². The topological polar surface area (TPSA) is 100 Å². The molecule has 1 unspecified atom stereocenters. The predicted molar refractivity (Wildman–Crippen MR) is 155 cm³/mol. The van der Waals surface area contributed by atoms with Crippen LogP contribution in [0.25, 0.3) is 22.3 Å². The van der Waals surface area contributed by atoms with Gasteiger partial charge in [-0.2, -0.15) is 0 Å². The second kappa shape index (κ2) is 12.5. The first-order chi connectivity index (χ1) is 19.0. The van der Waals surface area contributed by atoms with Gasteiger partial charge in [-0.3, -0.25) is 9.78 Å². The highest BCUT2D eigenvalue weighted by atomic mass is 32.2. The van der Waals surface area contributed by atoms with Gasteiger partial charge in [0.2, 0.25) is 0 Å². The number of aromatic nitrogens is 3. The van der Waals surface area contributed by atoms with Gasteiger partial charge in [-0.1, -0.05) is 12.1 Å². The van der Waals surface area contributed by atoms with Crippen LogP contribution in [0.3, 0.4) is 0 Å². The lowest BCUT2D eigenvalue weighted by atomic mass is 10.1. The standard InChI is InChI=1S/C30H33N5O3S/c1-20-6-7-22(14-28(20)39-2)30(37)32-17-24-15-27-23(16-31-24)8-9-26(33-27)25-4-3-5-29(34-25)35-11-10-21(18-35)19-38-13-12-36/h3-9,14-16,21,36H,10-13,17-19H2,1-2H3,(H,32,37). The predicted octanol–water partition coefficient (Wildman–Crippen LogP) is 4.49. The van der Waals surface area contributed by atoms with Crippen molar-refractivity contribution in [3.05, 3.63) is 77.6 Å². The van der Waals surface area contributed by atoms with Gasteiger partial charge < -0.3 is 20.1 Å². The number of hydrogen-bond donors (Lipinski definition) is 2. The minimum Gasteiger partial charge on any atom is -0.394 e. The lowest BCUT2D eigenvalue weighted by Gasteiger charge is -2.18. The van der Waals surface area contributed by atoms with Gasteiger partial charge in [0.05, 0.1) is 49.0 Å². The Kier molecular flexibility index (Phi) is 8.71. The number of nitrogens with zero attached hydrogens (tertiary/aromatic N) is 4. The fourth-order valence-corrected chi connectivity index (χ4v) is 5.40. The molecule has 1 aromatic carbocycles. The van der Waals surface area contributed by atoms with E-state index in [1.165, 1.54) is 0 Å². The SMILES string of the molecule is CSc1cc(C(=O)NCc2cc3nc(-c4cccc(N5CCC(COCCO)C5)n4)ccc3cn2)ccc1C. The number of thioether (sulfide) groups is 1. The second-order valence-electron chi connectivity index (χ2n) is 9.71. The van der Waals surface area contributed by atoms with Crippen molar-refractivity contribution in [3.8, 4) is 11.4 Å². The fourth-order valence-electron chi connectivity index (χ4n) is 4.76. The number of rotatable bonds is 10. The molecule has 39 heavy (non-hydrogen) atoms. The van der Waals surface area contributed by atoms with Crippen molar-refractivity contribution in [2.45, 2.75) is 24.8 Å². The highest BCUT2D eigenvalue weighted by Crippen LogP contribution is 2.26. The molecule has 0 bridgehead atoms. The zero-order chi connectivity index (χ0) is 27.2. The molecule has 9 heteroatoms. The fraction of sp³-hybridized carbons (Fsp3) is 0.333. The molecule has 5 rings (SSSR count). The summed E-state index contributed by atoms with van der Waals surface area (Å²) in [6, 6.07) is 17.6. The van der Waals surface area contributed by atoms with E-state index < -0.39 is 0 Å². The molecule has 202 valence electrons. The third kappa shape index (κ3) is 6.55. The molecule has 0 radical (unpaired) electrons. The van der Waals surface area contributed by atoms with Crippen molar-refractivity contribution in [1.29, 1.82) is 0 Å². The van der Waals surface area contributed by atoms with Gasteiger partial charge in [0.25, 0.3) is 5.91 Å². The largest absolute Gasteiger partial charge is 0.394 e. The van der Waals surface area contributed by atoms with Crippen molar-refractivity contribution in [3.63, 3.8) is 0 Å². The molecule has 1 atom stereocenters. The van der Waals surface area contributed by atoms with E-state index in [0.717, 1.165) is 63.8 Å². The van der Waals surface area contributed by atoms with Crippen molar-refractivity contribution >= 4 is 34.4 Å². The zero-order valence-electron chi connectivity index (χ0n) is 22.3. The van der Waals surface area contributed by atoms with E-state index in [1.54, 1.807) is 18.0 Å². The van der Waals surface area contributed by atoms with Gasteiger partial charge in [0.15, 0.2) is 0 Å². The van der Waals surface area contributed by atoms with E-state index in [0.29, 0.717) is 31.2 Å².